The van der Waals surface area contributed by atoms with E-state index < -0.39 is 0 Å². The van der Waals surface area contributed by atoms with Gasteiger partial charge < -0.3 is 5.73 Å². The maximum atomic E-state index is 13.2. The van der Waals surface area contributed by atoms with Gasteiger partial charge >= 0.3 is 0 Å². The highest BCUT2D eigenvalue weighted by Crippen LogP contribution is 2.30. The van der Waals surface area contributed by atoms with Crippen molar-refractivity contribution in [3.8, 4) is 0 Å². The molecule has 18 heavy (non-hydrogen) atoms. The molecule has 2 N–H and O–H groups in total. The summed E-state index contributed by atoms with van der Waals surface area (Å²) in [5.41, 5.74) is 7.90. The van der Waals surface area contributed by atoms with E-state index in [9.17, 15) is 4.39 Å². The third-order valence-electron chi connectivity index (χ3n) is 2.60. The zero-order valence-corrected chi connectivity index (χ0v) is 13.1. The number of halogens is 4. The fourth-order valence-corrected chi connectivity index (χ4v) is 2.96. The maximum Gasteiger partial charge on any atom is 0.137 e. The molecular weight excluding hydrogens is 384 g/mol. The summed E-state index contributed by atoms with van der Waals surface area (Å²) >= 11 is 12.5. The second-order valence-electron chi connectivity index (χ2n) is 3.82. The van der Waals surface area contributed by atoms with Crippen LogP contribution >= 0.6 is 43.5 Å². The van der Waals surface area contributed by atoms with Gasteiger partial charge in [0, 0.05) is 9.50 Å². The molecule has 0 fully saturated rings. The van der Waals surface area contributed by atoms with Crippen LogP contribution < -0.4 is 5.73 Å². The standard InChI is InChI=1S/C13H9Br2ClFN/c14-10-6-8(16)2-3-9(10)13(18)7-1-4-12(17)11(15)5-7/h1-6,13H,18H2. The van der Waals surface area contributed by atoms with E-state index in [1.807, 2.05) is 6.07 Å². The Kier molecular flexibility index (Phi) is 4.43. The van der Waals surface area contributed by atoms with Crippen LogP contribution in [0.3, 0.4) is 0 Å². The van der Waals surface area contributed by atoms with Crippen LogP contribution in [0, 0.1) is 5.82 Å². The minimum Gasteiger partial charge on any atom is -0.320 e. The number of benzene rings is 2. The summed E-state index contributed by atoms with van der Waals surface area (Å²) in [5.74, 6) is -0.305. The molecule has 2 rings (SSSR count). The van der Waals surface area contributed by atoms with Crippen molar-refractivity contribution in [2.45, 2.75) is 6.04 Å². The van der Waals surface area contributed by atoms with Crippen molar-refractivity contribution in [1.29, 1.82) is 0 Å². The van der Waals surface area contributed by atoms with E-state index in [1.165, 1.54) is 6.07 Å². The quantitative estimate of drug-likeness (QED) is 0.759. The molecule has 0 aliphatic heterocycles. The van der Waals surface area contributed by atoms with E-state index in [0.29, 0.717) is 9.50 Å². The number of rotatable bonds is 2. The minimum atomic E-state index is -0.339. The van der Waals surface area contributed by atoms with E-state index in [1.54, 1.807) is 24.3 Å². The Labute approximate surface area is 126 Å². The van der Waals surface area contributed by atoms with Crippen molar-refractivity contribution < 1.29 is 4.39 Å². The van der Waals surface area contributed by atoms with Gasteiger partial charge in [0.2, 0.25) is 0 Å². The third-order valence-corrected chi connectivity index (χ3v) is 4.13. The number of nitrogens with two attached hydrogens (primary N) is 1. The molecule has 0 bridgehead atoms. The summed E-state index contributed by atoms with van der Waals surface area (Å²) in [6, 6.07) is 9.83. The monoisotopic (exact) mass is 391 g/mol. The Morgan fingerprint density at radius 1 is 1.06 bits per heavy atom. The zero-order valence-electron chi connectivity index (χ0n) is 9.13. The second kappa shape index (κ2) is 5.70. The summed E-state index contributed by atoms with van der Waals surface area (Å²) in [6.07, 6.45) is 0. The Bertz CT molecular complexity index is 589. The van der Waals surface area contributed by atoms with Gasteiger partial charge in [-0.2, -0.15) is 0 Å². The SMILES string of the molecule is NC(c1ccc(F)c(Br)c1)c1ccc(Cl)cc1Br. The molecule has 0 aliphatic carbocycles. The molecule has 94 valence electrons. The van der Waals surface area contributed by atoms with Crippen LogP contribution in [0.15, 0.2) is 45.3 Å². The number of hydrogen-bond donors (Lipinski definition) is 1. The lowest BCUT2D eigenvalue weighted by Gasteiger charge is -2.15. The summed E-state index contributed by atoms with van der Waals surface area (Å²) in [4.78, 5) is 0. The summed E-state index contributed by atoms with van der Waals surface area (Å²) < 4.78 is 14.4. The number of hydrogen-bond acceptors (Lipinski definition) is 1. The van der Waals surface area contributed by atoms with Gasteiger partial charge in [-0.3, -0.25) is 0 Å². The van der Waals surface area contributed by atoms with Gasteiger partial charge in [0.25, 0.3) is 0 Å². The Morgan fingerprint density at radius 3 is 2.39 bits per heavy atom. The summed E-state index contributed by atoms with van der Waals surface area (Å²) in [6.45, 7) is 0. The van der Waals surface area contributed by atoms with Crippen molar-refractivity contribution in [3.05, 3.63) is 67.3 Å². The van der Waals surface area contributed by atoms with Gasteiger partial charge in [-0.25, -0.2) is 4.39 Å². The fraction of sp³-hybridized carbons (Fsp3) is 0.0769. The first kappa shape index (κ1) is 14.0. The van der Waals surface area contributed by atoms with E-state index in [2.05, 4.69) is 31.9 Å². The fourth-order valence-electron chi connectivity index (χ4n) is 1.64. The second-order valence-corrected chi connectivity index (χ2v) is 5.96. The van der Waals surface area contributed by atoms with Crippen LogP contribution in [0.4, 0.5) is 4.39 Å². The minimum absolute atomic E-state index is 0.305. The van der Waals surface area contributed by atoms with E-state index in [0.717, 1.165) is 15.6 Å². The molecule has 0 heterocycles. The lowest BCUT2D eigenvalue weighted by Crippen LogP contribution is -2.12. The maximum absolute atomic E-state index is 13.2. The lowest BCUT2D eigenvalue weighted by atomic mass is 10.00. The van der Waals surface area contributed by atoms with Crippen LogP contribution in [0.5, 0.6) is 0 Å². The lowest BCUT2D eigenvalue weighted by molar-refractivity contribution is 0.619. The molecule has 2 aromatic rings. The molecule has 2 aromatic carbocycles. The molecular formula is C13H9Br2ClFN. The van der Waals surface area contributed by atoms with Gasteiger partial charge in [-0.05, 0) is 51.3 Å². The van der Waals surface area contributed by atoms with Crippen molar-refractivity contribution in [2.75, 3.05) is 0 Å². The predicted octanol–water partition coefficient (Wildman–Crippen LogP) is 5.05. The predicted molar refractivity (Wildman–Crippen MR) is 79.3 cm³/mol. The summed E-state index contributed by atoms with van der Waals surface area (Å²) in [5, 5.41) is 0.637. The molecule has 1 atom stereocenters. The zero-order chi connectivity index (χ0) is 13.3. The van der Waals surface area contributed by atoms with Gasteiger partial charge in [0.05, 0.1) is 10.5 Å². The van der Waals surface area contributed by atoms with Crippen molar-refractivity contribution in [3.63, 3.8) is 0 Å². The molecule has 1 unspecified atom stereocenters. The van der Waals surface area contributed by atoms with Crippen molar-refractivity contribution >= 4 is 43.5 Å². The highest BCUT2D eigenvalue weighted by Gasteiger charge is 2.13. The molecule has 0 saturated heterocycles. The highest BCUT2D eigenvalue weighted by molar-refractivity contribution is 9.10. The van der Waals surface area contributed by atoms with Crippen molar-refractivity contribution in [1.82, 2.24) is 0 Å². The van der Waals surface area contributed by atoms with Crippen LogP contribution in [0.25, 0.3) is 0 Å². The van der Waals surface area contributed by atoms with Crippen LogP contribution in [-0.2, 0) is 0 Å². The molecule has 0 amide bonds. The molecule has 0 saturated carbocycles. The Balaban J connectivity index is 2.41. The van der Waals surface area contributed by atoms with Gasteiger partial charge in [-0.15, -0.1) is 0 Å². The van der Waals surface area contributed by atoms with Crippen molar-refractivity contribution in [2.24, 2.45) is 5.73 Å². The largest absolute Gasteiger partial charge is 0.320 e. The molecule has 0 aromatic heterocycles. The highest BCUT2D eigenvalue weighted by atomic mass is 79.9. The smallest absolute Gasteiger partial charge is 0.137 e. The van der Waals surface area contributed by atoms with Crippen LogP contribution in [0.1, 0.15) is 17.2 Å². The first-order chi connectivity index (χ1) is 8.49. The van der Waals surface area contributed by atoms with Gasteiger partial charge in [-0.1, -0.05) is 39.7 Å². The van der Waals surface area contributed by atoms with Crippen LogP contribution in [-0.4, -0.2) is 0 Å². The topological polar surface area (TPSA) is 26.0 Å². The first-order valence-electron chi connectivity index (χ1n) is 5.14. The van der Waals surface area contributed by atoms with E-state index >= 15 is 0 Å². The molecule has 0 aliphatic rings. The van der Waals surface area contributed by atoms with Gasteiger partial charge in [0.15, 0.2) is 0 Å². The Morgan fingerprint density at radius 2 is 1.78 bits per heavy atom. The third kappa shape index (κ3) is 2.94. The summed E-state index contributed by atoms with van der Waals surface area (Å²) in [7, 11) is 0. The average Bonchev–Trinajstić information content (AvgIpc) is 2.32. The first-order valence-corrected chi connectivity index (χ1v) is 7.11. The van der Waals surface area contributed by atoms with E-state index in [4.69, 9.17) is 17.3 Å². The Hall–Kier alpha value is -0.420. The van der Waals surface area contributed by atoms with Crippen LogP contribution in [0.2, 0.25) is 5.02 Å². The normalized spacial score (nSPS) is 12.5. The molecule has 5 heteroatoms. The molecule has 0 spiro atoms. The van der Waals surface area contributed by atoms with E-state index in [-0.39, 0.29) is 11.9 Å². The molecule has 1 nitrogen and oxygen atoms in total. The van der Waals surface area contributed by atoms with Gasteiger partial charge in [0.1, 0.15) is 5.82 Å². The average molecular weight is 393 g/mol. The molecule has 0 radical (unpaired) electrons.